The molecule has 6 rings (SSSR count). The van der Waals surface area contributed by atoms with Crippen LogP contribution < -0.4 is 0 Å². The van der Waals surface area contributed by atoms with E-state index >= 15 is 0 Å². The van der Waals surface area contributed by atoms with Crippen LogP contribution in [0.15, 0.2) is 115 Å². The van der Waals surface area contributed by atoms with E-state index in [9.17, 15) is 0 Å². The van der Waals surface area contributed by atoms with E-state index in [-0.39, 0.29) is 5.41 Å². The average molecular weight is 437 g/mol. The predicted molar refractivity (Wildman–Crippen MR) is 143 cm³/mol. The number of benzene rings is 5. The molecule has 0 spiro atoms. The first-order valence-electron chi connectivity index (χ1n) is 12.0. The van der Waals surface area contributed by atoms with Crippen molar-refractivity contribution in [3.8, 4) is 22.3 Å². The largest absolute Gasteiger partial charge is 0.0713 e. The standard InChI is InChI=1S/C34H28/c1-23-8-14-26(15-9-23)27-16-21-31-30-6-4-5-7-32(30)34(33(31)22-27,28-17-10-24(2)11-18-28)29-19-12-25(3)13-20-29/h4-22H,1-3H3. The highest BCUT2D eigenvalue weighted by Crippen LogP contribution is 2.56. The van der Waals surface area contributed by atoms with Gasteiger partial charge >= 0.3 is 0 Å². The molecular weight excluding hydrogens is 408 g/mol. The maximum absolute atomic E-state index is 2.43. The molecule has 0 aromatic heterocycles. The number of rotatable bonds is 3. The lowest BCUT2D eigenvalue weighted by atomic mass is 9.67. The van der Waals surface area contributed by atoms with Crippen molar-refractivity contribution >= 4 is 0 Å². The zero-order chi connectivity index (χ0) is 23.3. The molecule has 164 valence electrons. The van der Waals surface area contributed by atoms with E-state index in [4.69, 9.17) is 0 Å². The lowest BCUT2D eigenvalue weighted by Crippen LogP contribution is -2.28. The Hall–Kier alpha value is -3.90. The summed E-state index contributed by atoms with van der Waals surface area (Å²) >= 11 is 0. The Morgan fingerprint density at radius 3 is 1.47 bits per heavy atom. The monoisotopic (exact) mass is 436 g/mol. The highest BCUT2D eigenvalue weighted by Gasteiger charge is 2.46. The molecule has 0 bridgehead atoms. The minimum absolute atomic E-state index is 0.353. The van der Waals surface area contributed by atoms with Crippen molar-refractivity contribution in [2.45, 2.75) is 26.2 Å². The SMILES string of the molecule is Cc1ccc(-c2ccc3c(c2)C(c2ccc(C)cc2)(c2ccc(C)cc2)c2ccccc2-3)cc1. The Morgan fingerprint density at radius 2 is 0.882 bits per heavy atom. The molecule has 1 aliphatic carbocycles. The zero-order valence-corrected chi connectivity index (χ0v) is 20.0. The smallest absolute Gasteiger partial charge is 0.0619 e. The van der Waals surface area contributed by atoms with E-state index in [0.717, 1.165) is 0 Å². The van der Waals surface area contributed by atoms with Gasteiger partial charge in [0, 0.05) is 0 Å². The molecule has 0 N–H and O–H groups in total. The van der Waals surface area contributed by atoms with Crippen molar-refractivity contribution in [2.24, 2.45) is 0 Å². The van der Waals surface area contributed by atoms with Gasteiger partial charge in [0.25, 0.3) is 0 Å². The van der Waals surface area contributed by atoms with Gasteiger partial charge in [-0.15, -0.1) is 0 Å². The molecule has 0 unspecified atom stereocenters. The van der Waals surface area contributed by atoms with Crippen molar-refractivity contribution in [2.75, 3.05) is 0 Å². The third-order valence-corrected chi connectivity index (χ3v) is 7.40. The zero-order valence-electron chi connectivity index (χ0n) is 20.0. The Labute approximate surface area is 202 Å². The van der Waals surface area contributed by atoms with Crippen LogP contribution >= 0.6 is 0 Å². The van der Waals surface area contributed by atoms with Gasteiger partial charge in [-0.1, -0.05) is 126 Å². The van der Waals surface area contributed by atoms with Crippen molar-refractivity contribution in [1.29, 1.82) is 0 Å². The number of aryl methyl sites for hydroxylation is 3. The van der Waals surface area contributed by atoms with Gasteiger partial charge in [-0.2, -0.15) is 0 Å². The Morgan fingerprint density at radius 1 is 0.412 bits per heavy atom. The van der Waals surface area contributed by atoms with Crippen LogP contribution in [0.4, 0.5) is 0 Å². The van der Waals surface area contributed by atoms with Crippen LogP contribution in [-0.4, -0.2) is 0 Å². The van der Waals surface area contributed by atoms with Crippen molar-refractivity contribution in [3.05, 3.63) is 154 Å². The predicted octanol–water partition coefficient (Wildman–Crippen LogP) is 8.64. The van der Waals surface area contributed by atoms with Gasteiger partial charge in [0.05, 0.1) is 5.41 Å². The molecule has 0 saturated carbocycles. The maximum Gasteiger partial charge on any atom is 0.0713 e. The normalized spacial score (nSPS) is 13.4. The van der Waals surface area contributed by atoms with Crippen molar-refractivity contribution in [3.63, 3.8) is 0 Å². The van der Waals surface area contributed by atoms with Crippen LogP contribution in [-0.2, 0) is 5.41 Å². The van der Waals surface area contributed by atoms with E-state index < -0.39 is 0 Å². The molecule has 0 fully saturated rings. The summed E-state index contributed by atoms with van der Waals surface area (Å²) in [5, 5.41) is 0. The highest BCUT2D eigenvalue weighted by atomic mass is 14.5. The number of hydrogen-bond donors (Lipinski definition) is 0. The molecule has 34 heavy (non-hydrogen) atoms. The molecule has 0 atom stereocenters. The number of hydrogen-bond acceptors (Lipinski definition) is 0. The summed E-state index contributed by atoms with van der Waals surface area (Å²) in [5.74, 6) is 0. The molecule has 0 aliphatic heterocycles. The van der Waals surface area contributed by atoms with Crippen LogP contribution in [0.1, 0.15) is 38.9 Å². The molecular formula is C34H28. The summed E-state index contributed by atoms with van der Waals surface area (Å²) in [6, 6.07) is 43.1. The van der Waals surface area contributed by atoms with E-state index in [1.54, 1.807) is 0 Å². The first-order chi connectivity index (χ1) is 16.6. The second-order valence-corrected chi connectivity index (χ2v) is 9.65. The summed E-state index contributed by atoms with van der Waals surface area (Å²) < 4.78 is 0. The Kier molecular flexibility index (Phi) is 4.78. The minimum Gasteiger partial charge on any atom is -0.0619 e. The second kappa shape index (κ2) is 7.85. The molecule has 0 saturated heterocycles. The van der Waals surface area contributed by atoms with Gasteiger partial charge in [0.2, 0.25) is 0 Å². The molecule has 0 amide bonds. The van der Waals surface area contributed by atoms with E-state index in [2.05, 4.69) is 136 Å². The molecule has 5 aromatic rings. The van der Waals surface area contributed by atoms with Crippen LogP contribution in [0.25, 0.3) is 22.3 Å². The van der Waals surface area contributed by atoms with Crippen LogP contribution in [0.5, 0.6) is 0 Å². The van der Waals surface area contributed by atoms with Crippen LogP contribution in [0, 0.1) is 20.8 Å². The molecule has 5 aromatic carbocycles. The summed E-state index contributed by atoms with van der Waals surface area (Å²) in [5.41, 5.74) is 14.0. The van der Waals surface area contributed by atoms with Gasteiger partial charge in [0.1, 0.15) is 0 Å². The first kappa shape index (κ1) is 20.7. The lowest BCUT2D eigenvalue weighted by molar-refractivity contribution is 0.768. The quantitative estimate of drug-likeness (QED) is 0.260. The van der Waals surface area contributed by atoms with E-state index in [1.807, 2.05) is 0 Å². The lowest BCUT2D eigenvalue weighted by Gasteiger charge is -2.34. The van der Waals surface area contributed by atoms with Crippen molar-refractivity contribution in [1.82, 2.24) is 0 Å². The van der Waals surface area contributed by atoms with Gasteiger partial charge < -0.3 is 0 Å². The first-order valence-corrected chi connectivity index (χ1v) is 12.0. The van der Waals surface area contributed by atoms with Gasteiger partial charge in [-0.3, -0.25) is 0 Å². The molecule has 0 heterocycles. The molecule has 0 nitrogen and oxygen atoms in total. The fraction of sp³-hybridized carbons (Fsp3) is 0.118. The fourth-order valence-corrected chi connectivity index (χ4v) is 5.60. The second-order valence-electron chi connectivity index (χ2n) is 9.65. The van der Waals surface area contributed by atoms with Gasteiger partial charge in [-0.25, -0.2) is 0 Å². The third-order valence-electron chi connectivity index (χ3n) is 7.40. The number of fused-ring (bicyclic) bond motifs is 3. The molecule has 0 heteroatoms. The summed E-state index contributed by atoms with van der Waals surface area (Å²) in [6.07, 6.45) is 0. The molecule has 1 aliphatic rings. The van der Waals surface area contributed by atoms with E-state index in [1.165, 1.54) is 61.2 Å². The van der Waals surface area contributed by atoms with Crippen LogP contribution in [0.2, 0.25) is 0 Å². The highest BCUT2D eigenvalue weighted by molar-refractivity contribution is 5.88. The Bertz CT molecular complexity index is 1440. The fourth-order valence-electron chi connectivity index (χ4n) is 5.60. The topological polar surface area (TPSA) is 0 Å². The van der Waals surface area contributed by atoms with E-state index in [0.29, 0.717) is 0 Å². The summed E-state index contributed by atoms with van der Waals surface area (Å²) in [6.45, 7) is 6.46. The van der Waals surface area contributed by atoms with Gasteiger partial charge in [-0.05, 0) is 71.3 Å². The van der Waals surface area contributed by atoms with Gasteiger partial charge in [0.15, 0.2) is 0 Å². The van der Waals surface area contributed by atoms with Crippen LogP contribution in [0.3, 0.4) is 0 Å². The summed E-state index contributed by atoms with van der Waals surface area (Å²) in [4.78, 5) is 0. The van der Waals surface area contributed by atoms with Crippen molar-refractivity contribution < 1.29 is 0 Å². The minimum atomic E-state index is -0.353. The summed E-state index contributed by atoms with van der Waals surface area (Å²) in [7, 11) is 0. The average Bonchev–Trinajstić information content (AvgIpc) is 3.16. The third kappa shape index (κ3) is 3.06. The molecule has 0 radical (unpaired) electrons. The maximum atomic E-state index is 2.43. The Balaban J connectivity index is 1.71.